The average molecular weight is 352 g/mol. The molecule has 0 saturated carbocycles. The summed E-state index contributed by atoms with van der Waals surface area (Å²) in [7, 11) is 0. The summed E-state index contributed by atoms with van der Waals surface area (Å²) in [5, 5.41) is 1.06. The fourth-order valence-electron chi connectivity index (χ4n) is 2.07. The van der Waals surface area contributed by atoms with E-state index in [1.165, 1.54) is 0 Å². The van der Waals surface area contributed by atoms with E-state index >= 15 is 0 Å². The van der Waals surface area contributed by atoms with Crippen molar-refractivity contribution in [2.24, 2.45) is 5.41 Å². The molecule has 1 aromatic heterocycles. The topological polar surface area (TPSA) is 48.3 Å². The molecule has 112 valence electrons. The molecule has 0 N–H and O–H groups in total. The van der Waals surface area contributed by atoms with Crippen LogP contribution in [-0.2, 0) is 20.9 Å². The van der Waals surface area contributed by atoms with Gasteiger partial charge < -0.3 is 9.30 Å². The first-order chi connectivity index (χ1) is 9.86. The Morgan fingerprint density at radius 3 is 2.67 bits per heavy atom. The first-order valence-electron chi connectivity index (χ1n) is 6.81. The Labute approximate surface area is 132 Å². The number of hydrogen-bond donors (Lipinski definition) is 0. The molecule has 0 radical (unpaired) electrons. The van der Waals surface area contributed by atoms with Gasteiger partial charge in [-0.2, -0.15) is 0 Å². The van der Waals surface area contributed by atoms with Gasteiger partial charge in [0.1, 0.15) is 5.41 Å². The predicted molar refractivity (Wildman–Crippen MR) is 85.1 cm³/mol. The van der Waals surface area contributed by atoms with Crippen LogP contribution in [0, 0.1) is 5.41 Å². The number of rotatable bonds is 5. The Morgan fingerprint density at radius 2 is 2.00 bits per heavy atom. The molecule has 2 rings (SSSR count). The third-order valence-electron chi connectivity index (χ3n) is 3.53. The summed E-state index contributed by atoms with van der Waals surface area (Å²) in [4.78, 5) is 24.3. The first kappa shape index (κ1) is 15.8. The van der Waals surface area contributed by atoms with Crippen LogP contribution in [0.1, 0.15) is 20.8 Å². The van der Waals surface area contributed by atoms with E-state index in [2.05, 4.69) is 15.9 Å². The van der Waals surface area contributed by atoms with Gasteiger partial charge in [-0.05, 0) is 44.4 Å². The Hall–Kier alpha value is -1.62. The van der Waals surface area contributed by atoms with Gasteiger partial charge in [-0.15, -0.1) is 0 Å². The van der Waals surface area contributed by atoms with Gasteiger partial charge in [-0.3, -0.25) is 9.59 Å². The molecule has 0 aliphatic heterocycles. The van der Waals surface area contributed by atoms with Crippen LogP contribution in [0.2, 0.25) is 0 Å². The fourth-order valence-corrected chi connectivity index (χ4v) is 2.42. The fraction of sp³-hybridized carbons (Fsp3) is 0.375. The van der Waals surface area contributed by atoms with Crippen molar-refractivity contribution in [3.63, 3.8) is 0 Å². The van der Waals surface area contributed by atoms with E-state index in [0.717, 1.165) is 15.4 Å². The average Bonchev–Trinajstić information content (AvgIpc) is 2.81. The minimum absolute atomic E-state index is 0.145. The lowest BCUT2D eigenvalue weighted by molar-refractivity contribution is -0.158. The van der Waals surface area contributed by atoms with Crippen LogP contribution in [0.4, 0.5) is 0 Å². The number of halogens is 1. The van der Waals surface area contributed by atoms with Crippen LogP contribution >= 0.6 is 15.9 Å². The first-order valence-corrected chi connectivity index (χ1v) is 7.60. The molecule has 2 aromatic rings. The van der Waals surface area contributed by atoms with Crippen molar-refractivity contribution in [1.82, 2.24) is 4.57 Å². The van der Waals surface area contributed by atoms with Crippen molar-refractivity contribution in [1.29, 1.82) is 0 Å². The van der Waals surface area contributed by atoms with Crippen LogP contribution in [0.3, 0.4) is 0 Å². The van der Waals surface area contributed by atoms with Gasteiger partial charge in [0.15, 0.2) is 5.78 Å². The van der Waals surface area contributed by atoms with E-state index in [1.54, 1.807) is 20.8 Å². The Bertz CT molecular complexity index is 688. The van der Waals surface area contributed by atoms with Gasteiger partial charge in [-0.25, -0.2) is 0 Å². The summed E-state index contributed by atoms with van der Waals surface area (Å²) in [6, 6.07) is 7.85. The number of nitrogens with zero attached hydrogens (tertiary/aromatic N) is 1. The third-order valence-corrected chi connectivity index (χ3v) is 4.03. The van der Waals surface area contributed by atoms with Gasteiger partial charge in [0.2, 0.25) is 0 Å². The van der Waals surface area contributed by atoms with E-state index in [4.69, 9.17) is 4.74 Å². The third kappa shape index (κ3) is 3.18. The number of hydrogen-bond acceptors (Lipinski definition) is 3. The molecule has 0 spiro atoms. The lowest BCUT2D eigenvalue weighted by Crippen LogP contribution is -2.37. The van der Waals surface area contributed by atoms with Crippen molar-refractivity contribution >= 4 is 38.6 Å². The molecule has 0 atom stereocenters. The second kappa shape index (κ2) is 6.02. The molecule has 1 aromatic carbocycles. The molecular weight excluding hydrogens is 334 g/mol. The maximum absolute atomic E-state index is 12.4. The van der Waals surface area contributed by atoms with Crippen LogP contribution in [0.25, 0.3) is 10.9 Å². The molecule has 1 heterocycles. The summed E-state index contributed by atoms with van der Waals surface area (Å²) in [6.45, 7) is 5.36. The number of Topliss-reactive ketones (excluding diaryl/α,β-unsaturated/α-hetero) is 1. The number of aromatic nitrogens is 1. The second-order valence-corrected chi connectivity index (χ2v) is 6.33. The van der Waals surface area contributed by atoms with Crippen molar-refractivity contribution < 1.29 is 14.3 Å². The van der Waals surface area contributed by atoms with Crippen molar-refractivity contribution in [2.75, 3.05) is 6.61 Å². The number of benzene rings is 1. The molecule has 0 bridgehead atoms. The van der Waals surface area contributed by atoms with Crippen LogP contribution in [0.5, 0.6) is 0 Å². The van der Waals surface area contributed by atoms with Crippen LogP contribution in [0.15, 0.2) is 34.9 Å². The highest BCUT2D eigenvalue weighted by Gasteiger charge is 2.37. The number of carbonyl (C=O) groups is 2. The standard InChI is InChI=1S/C16H18BrNO3/c1-4-21-15(20)16(2,3)14(19)10-18-8-7-11-5-6-12(17)9-13(11)18/h5-9H,4,10H2,1-3H3. The Balaban J connectivity index is 2.25. The maximum Gasteiger partial charge on any atom is 0.319 e. The van der Waals surface area contributed by atoms with Crippen molar-refractivity contribution in [3.05, 3.63) is 34.9 Å². The van der Waals surface area contributed by atoms with E-state index in [1.807, 2.05) is 35.0 Å². The zero-order valence-corrected chi connectivity index (χ0v) is 13.9. The summed E-state index contributed by atoms with van der Waals surface area (Å²) < 4.78 is 7.78. The van der Waals surface area contributed by atoms with Crippen LogP contribution in [-0.4, -0.2) is 22.9 Å². The Morgan fingerprint density at radius 1 is 1.29 bits per heavy atom. The monoisotopic (exact) mass is 351 g/mol. The predicted octanol–water partition coefficient (Wildman–Crippen LogP) is 3.56. The molecular formula is C16H18BrNO3. The van der Waals surface area contributed by atoms with Gasteiger partial charge in [0.05, 0.1) is 13.2 Å². The normalized spacial score (nSPS) is 11.6. The molecule has 4 nitrogen and oxygen atoms in total. The molecule has 5 heteroatoms. The smallest absolute Gasteiger partial charge is 0.319 e. The summed E-state index contributed by atoms with van der Waals surface area (Å²) in [6.07, 6.45) is 1.86. The molecule has 0 aliphatic rings. The van der Waals surface area contributed by atoms with E-state index in [9.17, 15) is 9.59 Å². The highest BCUT2D eigenvalue weighted by Crippen LogP contribution is 2.24. The molecule has 0 amide bonds. The zero-order chi connectivity index (χ0) is 15.6. The molecule has 0 saturated heterocycles. The van der Waals surface area contributed by atoms with E-state index < -0.39 is 11.4 Å². The lowest BCUT2D eigenvalue weighted by atomic mass is 9.88. The number of ketones is 1. The van der Waals surface area contributed by atoms with Crippen LogP contribution < -0.4 is 0 Å². The summed E-state index contributed by atoms with van der Waals surface area (Å²) in [5.74, 6) is -0.647. The van der Waals surface area contributed by atoms with Gasteiger partial charge in [-0.1, -0.05) is 22.0 Å². The molecule has 0 fully saturated rings. The maximum atomic E-state index is 12.4. The highest BCUT2D eigenvalue weighted by atomic mass is 79.9. The van der Waals surface area contributed by atoms with Gasteiger partial charge in [0, 0.05) is 16.2 Å². The largest absolute Gasteiger partial charge is 0.465 e. The van der Waals surface area contributed by atoms with Gasteiger partial charge >= 0.3 is 5.97 Å². The minimum atomic E-state index is -1.14. The van der Waals surface area contributed by atoms with Crippen molar-refractivity contribution in [3.8, 4) is 0 Å². The van der Waals surface area contributed by atoms with E-state index in [-0.39, 0.29) is 18.9 Å². The summed E-state index contributed by atoms with van der Waals surface area (Å²) >= 11 is 3.43. The number of carbonyl (C=O) groups excluding carboxylic acids is 2. The van der Waals surface area contributed by atoms with Crippen molar-refractivity contribution in [2.45, 2.75) is 27.3 Å². The lowest BCUT2D eigenvalue weighted by Gasteiger charge is -2.21. The summed E-state index contributed by atoms with van der Waals surface area (Å²) in [5.41, 5.74) is -0.184. The second-order valence-electron chi connectivity index (χ2n) is 5.42. The Kier molecular flexibility index (Phi) is 4.52. The van der Waals surface area contributed by atoms with Gasteiger partial charge in [0.25, 0.3) is 0 Å². The quantitative estimate of drug-likeness (QED) is 0.611. The SMILES string of the molecule is CCOC(=O)C(C)(C)C(=O)Cn1ccc2ccc(Br)cc21. The highest BCUT2D eigenvalue weighted by molar-refractivity contribution is 9.10. The molecule has 0 unspecified atom stereocenters. The molecule has 0 aliphatic carbocycles. The number of fused-ring (bicyclic) bond motifs is 1. The minimum Gasteiger partial charge on any atom is -0.465 e. The zero-order valence-electron chi connectivity index (χ0n) is 12.4. The number of ether oxygens (including phenoxy) is 1. The molecule has 21 heavy (non-hydrogen) atoms. The van der Waals surface area contributed by atoms with E-state index in [0.29, 0.717) is 0 Å². The number of esters is 1.